The lowest BCUT2D eigenvalue weighted by Gasteiger charge is -2.19. The van der Waals surface area contributed by atoms with Crippen molar-refractivity contribution in [2.24, 2.45) is 7.05 Å². The molecule has 4 aromatic rings. The van der Waals surface area contributed by atoms with Crippen LogP contribution in [0.15, 0.2) is 59.8 Å². The Kier molecular flexibility index (Phi) is 5.21. The molecule has 33 heavy (non-hydrogen) atoms. The lowest BCUT2D eigenvalue weighted by atomic mass is 10.1. The van der Waals surface area contributed by atoms with Crippen LogP contribution >= 0.6 is 0 Å². The van der Waals surface area contributed by atoms with E-state index in [9.17, 15) is 9.59 Å². The molecule has 0 unspecified atom stereocenters. The number of hydrogen-bond donors (Lipinski definition) is 1. The van der Waals surface area contributed by atoms with E-state index in [1.807, 2.05) is 30.5 Å². The molecule has 1 N–H and O–H groups in total. The van der Waals surface area contributed by atoms with E-state index in [0.29, 0.717) is 41.4 Å². The van der Waals surface area contributed by atoms with Gasteiger partial charge in [-0.05, 0) is 29.8 Å². The molecule has 1 aliphatic heterocycles. The molecular weight excluding hydrogens is 424 g/mol. The predicted molar refractivity (Wildman–Crippen MR) is 123 cm³/mol. The number of fused-ring (bicyclic) bond motifs is 2. The number of hydrogen-bond acceptors (Lipinski definition) is 6. The van der Waals surface area contributed by atoms with Crippen LogP contribution in [0.5, 0.6) is 17.2 Å². The Bertz CT molecular complexity index is 1410. The quantitative estimate of drug-likeness (QED) is 0.506. The maximum Gasteiger partial charge on any atom is 0.278 e. The standard InChI is InChI=1S/C24H22N4O5/c1-27-12-18(15-3-6-17(31-2)7-4-15)22-23(27)24(30)28(14-25-22)13-21(29)26-16-5-8-19-20(11-16)33-10-9-32-19/h3-8,11-12,14H,9-10,13H2,1-2H3,(H,26,29). The van der Waals surface area contributed by atoms with Crippen molar-refractivity contribution in [1.29, 1.82) is 0 Å². The number of methoxy groups -OCH3 is 1. The molecule has 0 bridgehead atoms. The van der Waals surface area contributed by atoms with Crippen molar-refractivity contribution in [2.45, 2.75) is 6.54 Å². The highest BCUT2D eigenvalue weighted by molar-refractivity contribution is 5.93. The highest BCUT2D eigenvalue weighted by atomic mass is 16.6. The number of nitrogens with one attached hydrogen (secondary N) is 1. The summed E-state index contributed by atoms with van der Waals surface area (Å²) in [6, 6.07) is 12.7. The maximum atomic E-state index is 13.1. The second kappa shape index (κ2) is 8.34. The molecule has 0 atom stereocenters. The molecule has 3 heterocycles. The summed E-state index contributed by atoms with van der Waals surface area (Å²) in [5.41, 5.74) is 3.03. The molecule has 168 valence electrons. The monoisotopic (exact) mass is 446 g/mol. The minimum absolute atomic E-state index is 0.167. The van der Waals surface area contributed by atoms with Crippen LogP contribution in [0.4, 0.5) is 5.69 Å². The molecule has 0 aliphatic carbocycles. The number of carbonyl (C=O) groups excluding carboxylic acids is 1. The molecule has 0 saturated heterocycles. The fourth-order valence-electron chi connectivity index (χ4n) is 3.88. The van der Waals surface area contributed by atoms with Gasteiger partial charge in [-0.25, -0.2) is 4.98 Å². The van der Waals surface area contributed by atoms with Gasteiger partial charge in [0.1, 0.15) is 36.5 Å². The fraction of sp³-hybridized carbons (Fsp3) is 0.208. The zero-order valence-corrected chi connectivity index (χ0v) is 18.2. The Morgan fingerprint density at radius 3 is 2.64 bits per heavy atom. The molecule has 2 aromatic heterocycles. The molecular formula is C24H22N4O5. The van der Waals surface area contributed by atoms with Gasteiger partial charge in [-0.1, -0.05) is 12.1 Å². The minimum Gasteiger partial charge on any atom is -0.497 e. The summed E-state index contributed by atoms with van der Waals surface area (Å²) in [6.07, 6.45) is 3.27. The van der Waals surface area contributed by atoms with Gasteiger partial charge in [0.2, 0.25) is 5.91 Å². The SMILES string of the molecule is COc1ccc(-c2cn(C)c3c(=O)n(CC(=O)Nc4ccc5c(c4)OCCO5)cnc23)cc1. The number of anilines is 1. The zero-order valence-electron chi connectivity index (χ0n) is 18.2. The molecule has 1 aliphatic rings. The topological polar surface area (TPSA) is 96.6 Å². The summed E-state index contributed by atoms with van der Waals surface area (Å²) in [5, 5.41) is 2.79. The van der Waals surface area contributed by atoms with Gasteiger partial charge in [-0.15, -0.1) is 0 Å². The molecule has 0 fully saturated rings. The number of amides is 1. The van der Waals surface area contributed by atoms with Crippen molar-refractivity contribution < 1.29 is 19.0 Å². The molecule has 5 rings (SSSR count). The molecule has 2 aromatic carbocycles. The first-order valence-corrected chi connectivity index (χ1v) is 10.4. The van der Waals surface area contributed by atoms with Gasteiger partial charge in [0.15, 0.2) is 11.5 Å². The van der Waals surface area contributed by atoms with Crippen LogP contribution in [0.2, 0.25) is 0 Å². The predicted octanol–water partition coefficient (Wildman–Crippen LogP) is 2.82. The Labute approximate surface area is 189 Å². The zero-order chi connectivity index (χ0) is 22.9. The molecule has 9 nitrogen and oxygen atoms in total. The molecule has 0 spiro atoms. The van der Waals surface area contributed by atoms with Gasteiger partial charge in [-0.3, -0.25) is 14.2 Å². The number of rotatable bonds is 5. The van der Waals surface area contributed by atoms with Crippen LogP contribution in [0.25, 0.3) is 22.2 Å². The van der Waals surface area contributed by atoms with Gasteiger partial charge in [-0.2, -0.15) is 0 Å². The molecule has 1 amide bonds. The van der Waals surface area contributed by atoms with E-state index in [-0.39, 0.29) is 18.0 Å². The maximum absolute atomic E-state index is 13.1. The van der Waals surface area contributed by atoms with E-state index >= 15 is 0 Å². The van der Waals surface area contributed by atoms with E-state index in [1.165, 1.54) is 10.9 Å². The summed E-state index contributed by atoms with van der Waals surface area (Å²) in [5.74, 6) is 1.62. The number of nitrogens with zero attached hydrogens (tertiary/aromatic N) is 3. The molecule has 0 radical (unpaired) electrons. The lowest BCUT2D eigenvalue weighted by molar-refractivity contribution is -0.116. The van der Waals surface area contributed by atoms with Crippen molar-refractivity contribution >= 4 is 22.6 Å². The second-order valence-electron chi connectivity index (χ2n) is 7.66. The van der Waals surface area contributed by atoms with Crippen molar-refractivity contribution in [3.63, 3.8) is 0 Å². The van der Waals surface area contributed by atoms with Crippen LogP contribution < -0.4 is 25.1 Å². The Morgan fingerprint density at radius 1 is 1.12 bits per heavy atom. The Balaban J connectivity index is 1.40. The van der Waals surface area contributed by atoms with E-state index < -0.39 is 0 Å². The van der Waals surface area contributed by atoms with E-state index in [1.54, 1.807) is 36.9 Å². The van der Waals surface area contributed by atoms with Gasteiger partial charge in [0.05, 0.1) is 13.4 Å². The van der Waals surface area contributed by atoms with Crippen LogP contribution in [0.3, 0.4) is 0 Å². The summed E-state index contributed by atoms with van der Waals surface area (Å²) < 4.78 is 19.3. The number of carbonyl (C=O) groups is 1. The molecule has 9 heteroatoms. The second-order valence-corrected chi connectivity index (χ2v) is 7.66. The Morgan fingerprint density at radius 2 is 1.88 bits per heavy atom. The van der Waals surface area contributed by atoms with Gasteiger partial charge in [0, 0.05) is 30.6 Å². The average Bonchev–Trinajstić information content (AvgIpc) is 3.17. The van der Waals surface area contributed by atoms with Gasteiger partial charge < -0.3 is 24.1 Å². The lowest BCUT2D eigenvalue weighted by Crippen LogP contribution is -2.28. The van der Waals surface area contributed by atoms with Crippen LogP contribution in [0, 0.1) is 0 Å². The summed E-state index contributed by atoms with van der Waals surface area (Å²) in [7, 11) is 3.40. The van der Waals surface area contributed by atoms with Crippen molar-refractivity contribution in [1.82, 2.24) is 14.1 Å². The van der Waals surface area contributed by atoms with Crippen molar-refractivity contribution in [3.8, 4) is 28.4 Å². The van der Waals surface area contributed by atoms with Gasteiger partial charge in [0.25, 0.3) is 5.56 Å². The summed E-state index contributed by atoms with van der Waals surface area (Å²) in [4.78, 5) is 30.3. The minimum atomic E-state index is -0.348. The third-order valence-electron chi connectivity index (χ3n) is 5.49. The molecule has 0 saturated carbocycles. The number of aryl methyl sites for hydroxylation is 1. The van der Waals surface area contributed by atoms with Crippen LogP contribution in [-0.4, -0.2) is 40.3 Å². The summed E-state index contributed by atoms with van der Waals surface area (Å²) >= 11 is 0. The van der Waals surface area contributed by atoms with E-state index in [0.717, 1.165) is 16.9 Å². The number of ether oxygens (including phenoxy) is 3. The third kappa shape index (κ3) is 3.89. The van der Waals surface area contributed by atoms with Gasteiger partial charge >= 0.3 is 0 Å². The number of aromatic nitrogens is 3. The first-order valence-electron chi connectivity index (χ1n) is 10.4. The Hall–Kier alpha value is -4.27. The summed E-state index contributed by atoms with van der Waals surface area (Å²) in [6.45, 7) is 0.788. The first kappa shape index (κ1) is 20.6. The third-order valence-corrected chi connectivity index (χ3v) is 5.49. The smallest absolute Gasteiger partial charge is 0.278 e. The van der Waals surface area contributed by atoms with Crippen molar-refractivity contribution in [2.75, 3.05) is 25.6 Å². The van der Waals surface area contributed by atoms with Crippen LogP contribution in [0.1, 0.15) is 0 Å². The average molecular weight is 446 g/mol. The highest BCUT2D eigenvalue weighted by Gasteiger charge is 2.17. The number of benzene rings is 2. The first-order chi connectivity index (χ1) is 16.0. The largest absolute Gasteiger partial charge is 0.497 e. The normalized spacial score (nSPS) is 12.5. The van der Waals surface area contributed by atoms with Crippen LogP contribution in [-0.2, 0) is 18.4 Å². The van der Waals surface area contributed by atoms with E-state index in [4.69, 9.17) is 14.2 Å². The van der Waals surface area contributed by atoms with Crippen molar-refractivity contribution in [3.05, 3.63) is 65.3 Å². The van der Waals surface area contributed by atoms with E-state index in [2.05, 4.69) is 10.3 Å². The fourth-order valence-corrected chi connectivity index (χ4v) is 3.88. The highest BCUT2D eigenvalue weighted by Crippen LogP contribution is 2.32.